The van der Waals surface area contributed by atoms with Crippen LogP contribution in [0.4, 0.5) is 0 Å². The van der Waals surface area contributed by atoms with E-state index in [4.69, 9.17) is 4.74 Å². The second-order valence-electron chi connectivity index (χ2n) is 5.92. The van der Waals surface area contributed by atoms with E-state index < -0.39 is 11.6 Å². The van der Waals surface area contributed by atoms with E-state index in [0.29, 0.717) is 24.3 Å². The summed E-state index contributed by atoms with van der Waals surface area (Å²) in [5.74, 6) is 0.0605. The summed E-state index contributed by atoms with van der Waals surface area (Å²) in [6.07, 6.45) is 0.0216. The molecule has 1 atom stereocenters. The fourth-order valence-corrected chi connectivity index (χ4v) is 2.64. The molecule has 0 bridgehead atoms. The predicted molar refractivity (Wildman–Crippen MR) is 81.7 cm³/mol. The van der Waals surface area contributed by atoms with E-state index in [1.165, 1.54) is 7.11 Å². The second-order valence-corrected chi connectivity index (χ2v) is 5.92. The highest BCUT2D eigenvalue weighted by Crippen LogP contribution is 2.28. The Morgan fingerprint density at radius 3 is 2.77 bits per heavy atom. The number of carbonyl (C=O) groups excluding carboxylic acids is 2. The van der Waals surface area contributed by atoms with Crippen LogP contribution in [0.1, 0.15) is 30.6 Å². The molecule has 1 aromatic carbocycles. The molecule has 1 heterocycles. The number of methoxy groups -OCH3 is 1. The number of aliphatic hydroxyl groups excluding tert-OH is 1. The first-order chi connectivity index (χ1) is 10.4. The number of likely N-dealkylation sites (tertiary alicyclic amines) is 1. The predicted octanol–water partition coefficient (Wildman–Crippen LogP) is 0.797. The molecule has 0 spiro atoms. The lowest BCUT2D eigenvalue weighted by Crippen LogP contribution is -2.51. The van der Waals surface area contributed by atoms with Crippen LogP contribution in [0.15, 0.2) is 24.3 Å². The Morgan fingerprint density at radius 2 is 2.18 bits per heavy atom. The van der Waals surface area contributed by atoms with Gasteiger partial charge < -0.3 is 20.1 Å². The van der Waals surface area contributed by atoms with E-state index in [0.717, 1.165) is 0 Å². The Labute approximate surface area is 130 Å². The Morgan fingerprint density at radius 1 is 1.45 bits per heavy atom. The van der Waals surface area contributed by atoms with Gasteiger partial charge >= 0.3 is 0 Å². The van der Waals surface area contributed by atoms with Crippen LogP contribution < -0.4 is 10.1 Å². The number of hydrogen-bond acceptors (Lipinski definition) is 4. The van der Waals surface area contributed by atoms with E-state index >= 15 is 0 Å². The fourth-order valence-electron chi connectivity index (χ4n) is 2.64. The Balaban J connectivity index is 1.95. The molecule has 6 nitrogen and oxygen atoms in total. The van der Waals surface area contributed by atoms with Crippen LogP contribution in [0.3, 0.4) is 0 Å². The van der Waals surface area contributed by atoms with Gasteiger partial charge in [0.2, 0.25) is 5.91 Å². The summed E-state index contributed by atoms with van der Waals surface area (Å²) in [7, 11) is 1.53. The summed E-state index contributed by atoms with van der Waals surface area (Å²) in [6.45, 7) is 4.06. The van der Waals surface area contributed by atoms with Crippen LogP contribution in [0.5, 0.6) is 5.75 Å². The summed E-state index contributed by atoms with van der Waals surface area (Å²) >= 11 is 0. The zero-order valence-corrected chi connectivity index (χ0v) is 13.1. The lowest BCUT2D eigenvalue weighted by molar-refractivity contribution is -0.134. The van der Waals surface area contributed by atoms with Crippen molar-refractivity contribution in [3.63, 3.8) is 0 Å². The van der Waals surface area contributed by atoms with Crippen LogP contribution >= 0.6 is 0 Å². The van der Waals surface area contributed by atoms with Crippen molar-refractivity contribution in [2.75, 3.05) is 20.2 Å². The largest absolute Gasteiger partial charge is 0.497 e. The molecular weight excluding hydrogens is 284 g/mol. The van der Waals surface area contributed by atoms with E-state index in [2.05, 4.69) is 5.32 Å². The normalized spacial score (nSPS) is 19.8. The number of nitrogens with one attached hydrogen (secondary N) is 1. The standard InChI is InChI=1S/C16H22N2O4/c1-16(2)13(19)7-8-18(16)14(20)10-17-15(21)11-5-4-6-12(9-11)22-3/h4-6,9,13,19H,7-8,10H2,1-3H3,(H,17,21). The Kier molecular flexibility index (Phi) is 4.71. The van der Waals surface area contributed by atoms with Gasteiger partial charge in [0.05, 0.1) is 25.3 Å². The average Bonchev–Trinajstić information content (AvgIpc) is 2.78. The summed E-state index contributed by atoms with van der Waals surface area (Å²) in [6, 6.07) is 6.74. The quantitative estimate of drug-likeness (QED) is 0.862. The summed E-state index contributed by atoms with van der Waals surface area (Å²) in [5, 5.41) is 12.5. The number of ether oxygens (including phenoxy) is 1. The van der Waals surface area contributed by atoms with Gasteiger partial charge in [-0.1, -0.05) is 6.07 Å². The fraction of sp³-hybridized carbons (Fsp3) is 0.500. The number of hydrogen-bond donors (Lipinski definition) is 2. The molecule has 120 valence electrons. The van der Waals surface area contributed by atoms with E-state index in [1.54, 1.807) is 29.2 Å². The van der Waals surface area contributed by atoms with Crippen molar-refractivity contribution >= 4 is 11.8 Å². The molecule has 1 aromatic rings. The molecule has 2 amide bonds. The van der Waals surface area contributed by atoms with Crippen LogP contribution in [0.25, 0.3) is 0 Å². The van der Waals surface area contributed by atoms with Crippen LogP contribution in [-0.4, -0.2) is 53.7 Å². The number of carbonyl (C=O) groups is 2. The Hall–Kier alpha value is -2.08. The third-order valence-electron chi connectivity index (χ3n) is 4.17. The zero-order valence-electron chi connectivity index (χ0n) is 13.1. The average molecular weight is 306 g/mol. The molecule has 1 saturated heterocycles. The highest BCUT2D eigenvalue weighted by atomic mass is 16.5. The van der Waals surface area contributed by atoms with Gasteiger partial charge in [0, 0.05) is 12.1 Å². The third kappa shape index (κ3) is 3.22. The van der Waals surface area contributed by atoms with Crippen molar-refractivity contribution in [3.8, 4) is 5.75 Å². The van der Waals surface area contributed by atoms with Gasteiger partial charge in [-0.2, -0.15) is 0 Å². The number of amides is 2. The van der Waals surface area contributed by atoms with Crippen LogP contribution in [-0.2, 0) is 4.79 Å². The number of rotatable bonds is 4. The minimum Gasteiger partial charge on any atom is -0.497 e. The minimum atomic E-state index is -0.599. The molecule has 0 radical (unpaired) electrons. The topological polar surface area (TPSA) is 78.9 Å². The molecule has 2 N–H and O–H groups in total. The van der Waals surface area contributed by atoms with Gasteiger partial charge in [0.25, 0.3) is 5.91 Å². The maximum Gasteiger partial charge on any atom is 0.251 e. The Bertz CT molecular complexity index is 571. The molecule has 2 rings (SSSR count). The molecule has 1 aliphatic rings. The zero-order chi connectivity index (χ0) is 16.3. The van der Waals surface area contributed by atoms with Gasteiger partial charge in [0.1, 0.15) is 5.75 Å². The first-order valence-corrected chi connectivity index (χ1v) is 7.27. The van der Waals surface area contributed by atoms with Crippen molar-refractivity contribution < 1.29 is 19.4 Å². The van der Waals surface area contributed by atoms with E-state index in [-0.39, 0.29) is 18.4 Å². The van der Waals surface area contributed by atoms with Crippen LogP contribution in [0.2, 0.25) is 0 Å². The van der Waals surface area contributed by atoms with Crippen molar-refractivity contribution in [1.29, 1.82) is 0 Å². The molecule has 22 heavy (non-hydrogen) atoms. The number of aliphatic hydroxyl groups is 1. The van der Waals surface area contributed by atoms with Crippen LogP contribution in [0, 0.1) is 0 Å². The summed E-state index contributed by atoms with van der Waals surface area (Å²) < 4.78 is 5.07. The van der Waals surface area contributed by atoms with Gasteiger partial charge in [0.15, 0.2) is 0 Å². The lowest BCUT2D eigenvalue weighted by atomic mass is 9.99. The van der Waals surface area contributed by atoms with Gasteiger partial charge in [-0.05, 0) is 38.5 Å². The van der Waals surface area contributed by atoms with Crippen molar-refractivity contribution in [1.82, 2.24) is 10.2 Å². The van der Waals surface area contributed by atoms with E-state index in [9.17, 15) is 14.7 Å². The van der Waals surface area contributed by atoms with E-state index in [1.807, 2.05) is 13.8 Å². The molecule has 0 aliphatic carbocycles. The molecule has 1 aliphatic heterocycles. The maximum absolute atomic E-state index is 12.2. The SMILES string of the molecule is COc1cccc(C(=O)NCC(=O)N2CCC(O)C2(C)C)c1. The molecular formula is C16H22N2O4. The smallest absolute Gasteiger partial charge is 0.251 e. The first-order valence-electron chi connectivity index (χ1n) is 7.27. The third-order valence-corrected chi connectivity index (χ3v) is 4.17. The second kappa shape index (κ2) is 6.36. The molecule has 1 fully saturated rings. The number of benzene rings is 1. The molecule has 1 unspecified atom stereocenters. The number of nitrogens with zero attached hydrogens (tertiary/aromatic N) is 1. The summed E-state index contributed by atoms with van der Waals surface area (Å²) in [5.41, 5.74) is -0.162. The van der Waals surface area contributed by atoms with Gasteiger partial charge in [-0.25, -0.2) is 0 Å². The highest BCUT2D eigenvalue weighted by Gasteiger charge is 2.42. The van der Waals surface area contributed by atoms with Crippen molar-refractivity contribution in [3.05, 3.63) is 29.8 Å². The van der Waals surface area contributed by atoms with Gasteiger partial charge in [-0.3, -0.25) is 9.59 Å². The minimum absolute atomic E-state index is 0.0911. The summed E-state index contributed by atoms with van der Waals surface area (Å²) in [4.78, 5) is 25.9. The van der Waals surface area contributed by atoms with Crippen molar-refractivity contribution in [2.24, 2.45) is 0 Å². The first kappa shape index (κ1) is 16.3. The molecule has 6 heteroatoms. The molecule has 0 aromatic heterocycles. The molecule has 0 saturated carbocycles. The van der Waals surface area contributed by atoms with Gasteiger partial charge in [-0.15, -0.1) is 0 Å². The lowest BCUT2D eigenvalue weighted by Gasteiger charge is -2.33. The maximum atomic E-state index is 12.2. The monoisotopic (exact) mass is 306 g/mol. The highest BCUT2D eigenvalue weighted by molar-refractivity contribution is 5.96. The van der Waals surface area contributed by atoms with Crippen molar-refractivity contribution in [2.45, 2.75) is 31.9 Å².